The molecule has 0 saturated carbocycles. The maximum Gasteiger partial charge on any atom is 0.336 e. The first-order chi connectivity index (χ1) is 24.9. The van der Waals surface area contributed by atoms with Gasteiger partial charge in [-0.25, -0.2) is 4.79 Å². The third-order valence-electron chi connectivity index (χ3n) is 8.30. The van der Waals surface area contributed by atoms with Crippen LogP contribution in [0.3, 0.4) is 0 Å². The van der Waals surface area contributed by atoms with Gasteiger partial charge in [0.25, 0.3) is 0 Å². The highest BCUT2D eigenvalue weighted by Crippen LogP contribution is 2.58. The molecule has 10 heteroatoms. The van der Waals surface area contributed by atoms with E-state index in [1.54, 1.807) is 97.1 Å². The van der Waals surface area contributed by atoms with Gasteiger partial charge in [-0.1, -0.05) is 48.2 Å². The van der Waals surface area contributed by atoms with Crippen LogP contribution in [0, 0.1) is 11.8 Å². The Morgan fingerprint density at radius 2 is 0.942 bits per heavy atom. The van der Waals surface area contributed by atoms with Crippen LogP contribution in [0.1, 0.15) is 71.4 Å². The molecule has 5 aromatic carbocycles. The van der Waals surface area contributed by atoms with Gasteiger partial charge in [0.05, 0.1) is 11.0 Å². The number of carbonyl (C=O) groups is 5. The molecule has 258 valence electrons. The van der Waals surface area contributed by atoms with Crippen molar-refractivity contribution < 1.29 is 48.0 Å². The standard InChI is InChI=1S/C42H30O10/c1-24(43)49-31-12-5-28(6-13-31)7-19-37-38(41(47)48)22-21-36-35-20-18-34(52-27(4)46)23-39(35)42(40(36)37,29-8-14-32(15-9-29)50-25(2)44)30-10-16-33(17-11-30)51-26(3)45/h5-6,8-18,20-23H,1-4H3,(H,47,48). The van der Waals surface area contributed by atoms with Crippen molar-refractivity contribution in [3.05, 3.63) is 142 Å². The highest BCUT2D eigenvalue weighted by Gasteiger charge is 2.49. The number of ether oxygens (including phenoxy) is 4. The molecule has 0 atom stereocenters. The molecular formula is C42H30O10. The molecule has 0 aliphatic heterocycles. The Morgan fingerprint density at radius 3 is 1.40 bits per heavy atom. The van der Waals surface area contributed by atoms with E-state index in [4.69, 9.17) is 18.9 Å². The summed E-state index contributed by atoms with van der Waals surface area (Å²) in [6.07, 6.45) is 0. The summed E-state index contributed by atoms with van der Waals surface area (Å²) < 4.78 is 21.4. The minimum Gasteiger partial charge on any atom is -0.478 e. The van der Waals surface area contributed by atoms with Gasteiger partial charge in [0.1, 0.15) is 23.0 Å². The van der Waals surface area contributed by atoms with Crippen molar-refractivity contribution in [3.8, 4) is 46.0 Å². The number of aromatic carboxylic acids is 1. The first-order valence-electron chi connectivity index (χ1n) is 16.0. The van der Waals surface area contributed by atoms with Gasteiger partial charge in [-0.15, -0.1) is 0 Å². The summed E-state index contributed by atoms with van der Waals surface area (Å²) in [4.78, 5) is 60.1. The summed E-state index contributed by atoms with van der Waals surface area (Å²) in [6, 6.07) is 28.6. The third kappa shape index (κ3) is 6.75. The molecular weight excluding hydrogens is 664 g/mol. The smallest absolute Gasteiger partial charge is 0.336 e. The number of esters is 4. The molecule has 0 saturated heterocycles. The SMILES string of the molecule is CC(=O)Oc1ccc(C#Cc2c(C(=O)O)ccc3c2C(c2ccc(OC(C)=O)cc2)(c2ccc(OC(C)=O)cc2)c2cc(OC(C)=O)ccc2-3)cc1. The van der Waals surface area contributed by atoms with Crippen molar-refractivity contribution in [2.45, 2.75) is 33.1 Å². The molecule has 0 fully saturated rings. The zero-order valence-corrected chi connectivity index (χ0v) is 28.4. The maximum absolute atomic E-state index is 12.9. The first-order valence-corrected chi connectivity index (χ1v) is 16.0. The number of carboxylic acid groups (broad SMARTS) is 1. The largest absolute Gasteiger partial charge is 0.478 e. The second-order valence-electron chi connectivity index (χ2n) is 11.9. The van der Waals surface area contributed by atoms with Crippen molar-refractivity contribution in [3.63, 3.8) is 0 Å². The monoisotopic (exact) mass is 694 g/mol. The van der Waals surface area contributed by atoms with Crippen molar-refractivity contribution in [1.29, 1.82) is 0 Å². The van der Waals surface area contributed by atoms with Crippen LogP contribution in [0.25, 0.3) is 11.1 Å². The van der Waals surface area contributed by atoms with Crippen LogP contribution in [-0.4, -0.2) is 35.0 Å². The van der Waals surface area contributed by atoms with E-state index in [9.17, 15) is 29.1 Å². The van der Waals surface area contributed by atoms with E-state index in [0.29, 0.717) is 50.6 Å². The first kappa shape index (κ1) is 34.9. The molecule has 0 amide bonds. The number of fused-ring (bicyclic) bond motifs is 3. The average Bonchev–Trinajstić information content (AvgIpc) is 3.38. The van der Waals surface area contributed by atoms with E-state index in [2.05, 4.69) is 11.8 Å². The Balaban J connectivity index is 1.71. The molecule has 0 heterocycles. The lowest BCUT2D eigenvalue weighted by molar-refractivity contribution is -0.132. The zero-order chi connectivity index (χ0) is 37.2. The van der Waals surface area contributed by atoms with Gasteiger partial charge >= 0.3 is 29.8 Å². The van der Waals surface area contributed by atoms with Crippen molar-refractivity contribution in [1.82, 2.24) is 0 Å². The highest BCUT2D eigenvalue weighted by atomic mass is 16.5. The van der Waals surface area contributed by atoms with E-state index >= 15 is 0 Å². The fourth-order valence-electron chi connectivity index (χ4n) is 6.51. The van der Waals surface area contributed by atoms with Crippen LogP contribution in [0.15, 0.2) is 103 Å². The molecule has 1 N–H and O–H groups in total. The van der Waals surface area contributed by atoms with Gasteiger partial charge in [0, 0.05) is 38.8 Å². The second kappa shape index (κ2) is 14.1. The number of rotatable bonds is 7. The summed E-state index contributed by atoms with van der Waals surface area (Å²) >= 11 is 0. The van der Waals surface area contributed by atoms with Crippen LogP contribution >= 0.6 is 0 Å². The average molecular weight is 695 g/mol. The fraction of sp³-hybridized carbons (Fsp3) is 0.119. The van der Waals surface area contributed by atoms with Gasteiger partial charge in [-0.3, -0.25) is 19.2 Å². The highest BCUT2D eigenvalue weighted by molar-refractivity contribution is 5.97. The molecule has 0 aromatic heterocycles. The Morgan fingerprint density at radius 1 is 0.519 bits per heavy atom. The van der Waals surface area contributed by atoms with E-state index < -0.39 is 35.3 Å². The fourth-order valence-corrected chi connectivity index (χ4v) is 6.51. The molecule has 0 radical (unpaired) electrons. The lowest BCUT2D eigenvalue weighted by atomic mass is 9.66. The van der Waals surface area contributed by atoms with Crippen LogP contribution in [0.5, 0.6) is 23.0 Å². The number of hydrogen-bond acceptors (Lipinski definition) is 9. The van der Waals surface area contributed by atoms with Gasteiger partial charge < -0.3 is 24.1 Å². The van der Waals surface area contributed by atoms with Crippen molar-refractivity contribution >= 4 is 29.8 Å². The van der Waals surface area contributed by atoms with Crippen LogP contribution < -0.4 is 18.9 Å². The van der Waals surface area contributed by atoms with Crippen molar-refractivity contribution in [2.24, 2.45) is 0 Å². The van der Waals surface area contributed by atoms with Gasteiger partial charge in [0.2, 0.25) is 0 Å². The van der Waals surface area contributed by atoms with Crippen LogP contribution in [0.4, 0.5) is 0 Å². The molecule has 10 nitrogen and oxygen atoms in total. The maximum atomic E-state index is 12.9. The molecule has 5 aromatic rings. The van der Waals surface area contributed by atoms with E-state index in [0.717, 1.165) is 5.56 Å². The molecule has 0 unspecified atom stereocenters. The lowest BCUT2D eigenvalue weighted by Gasteiger charge is -2.35. The predicted octanol–water partition coefficient (Wildman–Crippen LogP) is 6.85. The Bertz CT molecular complexity index is 2270. The van der Waals surface area contributed by atoms with E-state index in [1.807, 2.05) is 0 Å². The Labute approximate surface area is 298 Å². The number of carbonyl (C=O) groups excluding carboxylic acids is 4. The Kier molecular flexibility index (Phi) is 9.45. The molecule has 1 aliphatic rings. The molecule has 6 rings (SSSR count). The number of hydrogen-bond donors (Lipinski definition) is 1. The molecule has 52 heavy (non-hydrogen) atoms. The summed E-state index contributed by atoms with van der Waals surface area (Å²) in [5, 5.41) is 10.6. The van der Waals surface area contributed by atoms with Crippen LogP contribution in [0.2, 0.25) is 0 Å². The third-order valence-corrected chi connectivity index (χ3v) is 8.30. The van der Waals surface area contributed by atoms with E-state index in [1.165, 1.54) is 33.8 Å². The minimum atomic E-state index is -1.31. The van der Waals surface area contributed by atoms with Gasteiger partial charge in [-0.05, 0) is 100 Å². The Hall–Kier alpha value is -6.99. The summed E-state index contributed by atoms with van der Waals surface area (Å²) in [7, 11) is 0. The minimum absolute atomic E-state index is 0.0618. The summed E-state index contributed by atoms with van der Waals surface area (Å²) in [5.41, 5.74) is 3.24. The van der Waals surface area contributed by atoms with Crippen LogP contribution in [-0.2, 0) is 24.6 Å². The molecule has 0 bridgehead atoms. The van der Waals surface area contributed by atoms with Gasteiger partial charge in [-0.2, -0.15) is 0 Å². The predicted molar refractivity (Wildman–Crippen MR) is 188 cm³/mol. The van der Waals surface area contributed by atoms with Crippen molar-refractivity contribution in [2.75, 3.05) is 0 Å². The topological polar surface area (TPSA) is 143 Å². The number of carboxylic acids is 1. The summed E-state index contributed by atoms with van der Waals surface area (Å²) in [5.74, 6) is 4.21. The quantitative estimate of drug-likeness (QED) is 0.107. The second-order valence-corrected chi connectivity index (χ2v) is 11.9. The lowest BCUT2D eigenvalue weighted by Crippen LogP contribution is -2.30. The number of benzene rings is 5. The van der Waals surface area contributed by atoms with Gasteiger partial charge in [0.15, 0.2) is 0 Å². The van der Waals surface area contributed by atoms with E-state index in [-0.39, 0.29) is 16.9 Å². The normalized spacial score (nSPS) is 11.9. The summed E-state index contributed by atoms with van der Waals surface area (Å²) in [6.45, 7) is 5.18. The molecule has 1 aliphatic carbocycles. The zero-order valence-electron chi connectivity index (χ0n) is 28.4. The molecule has 0 spiro atoms.